The summed E-state index contributed by atoms with van der Waals surface area (Å²) in [5, 5.41) is 2.64. The van der Waals surface area contributed by atoms with E-state index in [2.05, 4.69) is 5.32 Å². The van der Waals surface area contributed by atoms with Crippen molar-refractivity contribution in [2.24, 2.45) is 5.92 Å². The summed E-state index contributed by atoms with van der Waals surface area (Å²) in [5.74, 6) is -0.285. The maximum absolute atomic E-state index is 11.2. The van der Waals surface area contributed by atoms with Gasteiger partial charge in [-0.25, -0.2) is 0 Å². The number of rotatable bonds is 9. The molecule has 0 bridgehead atoms. The quantitative estimate of drug-likeness (QED) is 0.618. The van der Waals surface area contributed by atoms with Crippen molar-refractivity contribution in [3.63, 3.8) is 0 Å². The lowest BCUT2D eigenvalue weighted by Crippen LogP contribution is -2.32. The Morgan fingerprint density at radius 2 is 1.82 bits per heavy atom. The molecule has 0 aliphatic carbocycles. The summed E-state index contributed by atoms with van der Waals surface area (Å²) >= 11 is 0. The number of carbonyl (C=O) groups is 2. The number of hydrogen-bond acceptors (Lipinski definition) is 4. The van der Waals surface area contributed by atoms with E-state index in [9.17, 15) is 9.59 Å². The van der Waals surface area contributed by atoms with Gasteiger partial charge in [-0.2, -0.15) is 0 Å². The number of hydrogen-bond donors (Lipinski definition) is 1. The van der Waals surface area contributed by atoms with Gasteiger partial charge < -0.3 is 14.8 Å². The summed E-state index contributed by atoms with van der Waals surface area (Å²) in [6, 6.07) is 0. The van der Waals surface area contributed by atoms with Crippen molar-refractivity contribution in [2.45, 2.75) is 33.8 Å². The van der Waals surface area contributed by atoms with Crippen LogP contribution < -0.4 is 5.32 Å². The van der Waals surface area contributed by atoms with Crippen LogP contribution in [0.4, 0.5) is 0 Å². The number of ketones is 1. The van der Waals surface area contributed by atoms with Gasteiger partial charge in [0.2, 0.25) is 5.91 Å². The molecule has 5 nitrogen and oxygen atoms in total. The van der Waals surface area contributed by atoms with Crippen LogP contribution >= 0.6 is 0 Å². The molecule has 0 aromatic heterocycles. The zero-order valence-electron chi connectivity index (χ0n) is 11.1. The minimum Gasteiger partial charge on any atom is -0.377 e. The van der Waals surface area contributed by atoms with E-state index in [4.69, 9.17) is 9.47 Å². The first-order chi connectivity index (χ1) is 7.93. The second kappa shape index (κ2) is 9.13. The average molecular weight is 247 g/mol. The van der Waals surface area contributed by atoms with Crippen LogP contribution in [0.1, 0.15) is 29.1 Å². The van der Waals surface area contributed by atoms with Crippen molar-refractivity contribution >= 4 is 11.7 Å². The third kappa shape index (κ3) is 9.96. The Morgan fingerprint density at radius 3 is 2.35 bits per heavy atom. The van der Waals surface area contributed by atoms with Gasteiger partial charge in [-0.1, -0.05) is 13.8 Å². The predicted molar refractivity (Wildman–Crippen MR) is 66.9 cm³/mol. The molecule has 0 atom stereocenters. The molecule has 0 aromatic rings. The Bertz CT molecular complexity index is 244. The van der Waals surface area contributed by atoms with E-state index < -0.39 is 0 Å². The molecule has 1 N–H and O–H groups in total. The minimum absolute atomic E-state index is 0. The molecule has 17 heavy (non-hydrogen) atoms. The molecule has 0 aliphatic heterocycles. The zero-order chi connectivity index (χ0) is 13.3. The second-order valence-electron chi connectivity index (χ2n) is 4.38. The summed E-state index contributed by atoms with van der Waals surface area (Å²) < 4.78 is 10.3. The Kier molecular flexibility index (Phi) is 8.62. The molecule has 0 unspecified atom stereocenters. The van der Waals surface area contributed by atoms with Crippen LogP contribution in [0.25, 0.3) is 0 Å². The Labute approximate surface area is 104 Å². The maximum atomic E-state index is 11.2. The van der Waals surface area contributed by atoms with Gasteiger partial charge in [0.15, 0.2) is 5.78 Å². The van der Waals surface area contributed by atoms with Crippen LogP contribution in [-0.4, -0.2) is 44.2 Å². The van der Waals surface area contributed by atoms with Crippen LogP contribution in [0.15, 0.2) is 0 Å². The first-order valence-corrected chi connectivity index (χ1v) is 5.92. The monoisotopic (exact) mass is 247 g/mol. The lowest BCUT2D eigenvalue weighted by atomic mass is 10.1. The van der Waals surface area contributed by atoms with Gasteiger partial charge in [0, 0.05) is 13.9 Å². The third-order valence-electron chi connectivity index (χ3n) is 2.00. The number of Topliss-reactive ketones (excluding diaryl/α,β-unsaturated/α-hetero) is 1. The molecule has 0 radical (unpaired) electrons. The first kappa shape index (κ1) is 16.1. The molecule has 0 saturated heterocycles. The standard InChI is InChI=1S/C12H23NO4.H2/c1-9(2)11(14)7-16-8-12(15)13-5-6-17-10(3)4;/h9-10H,5-8H2,1-4H3,(H,13,15);1H. The van der Waals surface area contributed by atoms with Gasteiger partial charge in [0.25, 0.3) is 0 Å². The smallest absolute Gasteiger partial charge is 0.246 e. The summed E-state index contributed by atoms with van der Waals surface area (Å²) in [4.78, 5) is 22.4. The third-order valence-corrected chi connectivity index (χ3v) is 2.00. The number of amides is 1. The Balaban J connectivity index is 0. The van der Waals surface area contributed by atoms with Crippen molar-refractivity contribution in [2.75, 3.05) is 26.4 Å². The maximum Gasteiger partial charge on any atom is 0.246 e. The van der Waals surface area contributed by atoms with Crippen molar-refractivity contribution in [1.29, 1.82) is 0 Å². The van der Waals surface area contributed by atoms with Gasteiger partial charge in [0.1, 0.15) is 13.2 Å². The SMILES string of the molecule is CC(C)OCCNC(=O)COCC(=O)C(C)C.[HH]. The van der Waals surface area contributed by atoms with Crippen LogP contribution in [-0.2, 0) is 19.1 Å². The molecule has 0 saturated carbocycles. The fraction of sp³-hybridized carbons (Fsp3) is 0.833. The van der Waals surface area contributed by atoms with E-state index >= 15 is 0 Å². The highest BCUT2D eigenvalue weighted by Crippen LogP contribution is 1.94. The lowest BCUT2D eigenvalue weighted by molar-refractivity contribution is -0.131. The van der Waals surface area contributed by atoms with Gasteiger partial charge in [0.05, 0.1) is 12.7 Å². The molecule has 0 rings (SSSR count). The van der Waals surface area contributed by atoms with E-state index in [0.717, 1.165) is 0 Å². The van der Waals surface area contributed by atoms with Crippen LogP contribution in [0, 0.1) is 5.92 Å². The van der Waals surface area contributed by atoms with Gasteiger partial charge in [-0.05, 0) is 13.8 Å². The first-order valence-electron chi connectivity index (χ1n) is 5.92. The van der Waals surface area contributed by atoms with Crippen LogP contribution in [0.2, 0.25) is 0 Å². The Hall–Kier alpha value is -0.940. The summed E-state index contributed by atoms with van der Waals surface area (Å²) in [5.41, 5.74) is 0. The van der Waals surface area contributed by atoms with Gasteiger partial charge in [-0.3, -0.25) is 9.59 Å². The molecular weight excluding hydrogens is 222 g/mol. The molecule has 102 valence electrons. The number of nitrogens with one attached hydrogen (secondary N) is 1. The highest BCUT2D eigenvalue weighted by Gasteiger charge is 2.08. The highest BCUT2D eigenvalue weighted by molar-refractivity contribution is 5.82. The highest BCUT2D eigenvalue weighted by atomic mass is 16.5. The molecule has 5 heteroatoms. The van der Waals surface area contributed by atoms with Crippen molar-refractivity contribution in [3.8, 4) is 0 Å². The Morgan fingerprint density at radius 1 is 1.18 bits per heavy atom. The van der Waals surface area contributed by atoms with Crippen molar-refractivity contribution in [1.82, 2.24) is 5.32 Å². The molecule has 0 spiro atoms. The largest absolute Gasteiger partial charge is 0.377 e. The van der Waals surface area contributed by atoms with E-state index in [-0.39, 0.29) is 38.4 Å². The van der Waals surface area contributed by atoms with Crippen LogP contribution in [0.3, 0.4) is 0 Å². The average Bonchev–Trinajstić information content (AvgIpc) is 2.23. The van der Waals surface area contributed by atoms with E-state index in [1.807, 2.05) is 13.8 Å². The summed E-state index contributed by atoms with van der Waals surface area (Å²) in [6.07, 6.45) is 0.159. The zero-order valence-corrected chi connectivity index (χ0v) is 11.1. The summed E-state index contributed by atoms with van der Waals surface area (Å²) in [6.45, 7) is 8.31. The fourth-order valence-electron chi connectivity index (χ4n) is 0.947. The van der Waals surface area contributed by atoms with Gasteiger partial charge >= 0.3 is 0 Å². The summed E-state index contributed by atoms with van der Waals surface area (Å²) in [7, 11) is 0. The van der Waals surface area contributed by atoms with Crippen molar-refractivity contribution in [3.05, 3.63) is 0 Å². The van der Waals surface area contributed by atoms with Crippen molar-refractivity contribution < 1.29 is 20.5 Å². The lowest BCUT2D eigenvalue weighted by Gasteiger charge is -2.09. The normalized spacial score (nSPS) is 10.9. The number of carbonyl (C=O) groups excluding carboxylic acids is 2. The molecule has 0 aromatic carbocycles. The predicted octanol–water partition coefficient (Wildman–Crippen LogP) is 1.02. The molecule has 0 heterocycles. The van der Waals surface area contributed by atoms with E-state index in [0.29, 0.717) is 13.2 Å². The molecular formula is C12H25NO4. The fourth-order valence-corrected chi connectivity index (χ4v) is 0.947. The molecule has 1 amide bonds. The van der Waals surface area contributed by atoms with Crippen LogP contribution in [0.5, 0.6) is 0 Å². The van der Waals surface area contributed by atoms with Gasteiger partial charge in [-0.15, -0.1) is 0 Å². The topological polar surface area (TPSA) is 64.6 Å². The van der Waals surface area contributed by atoms with E-state index in [1.54, 1.807) is 13.8 Å². The number of ether oxygens (including phenoxy) is 2. The minimum atomic E-state index is -0.228. The molecule has 0 aliphatic rings. The molecule has 0 fully saturated rings. The second-order valence-corrected chi connectivity index (χ2v) is 4.38. The van der Waals surface area contributed by atoms with E-state index in [1.165, 1.54) is 0 Å².